The fraction of sp³-hybridized carbons (Fsp3) is 0.333. The third-order valence-electron chi connectivity index (χ3n) is 1.06. The number of imide groups is 1. The third kappa shape index (κ3) is 5.41. The van der Waals surface area contributed by atoms with Crippen molar-refractivity contribution in [3.63, 3.8) is 0 Å². The van der Waals surface area contributed by atoms with Crippen LogP contribution in [-0.4, -0.2) is 11.8 Å². The van der Waals surface area contributed by atoms with E-state index in [-0.39, 0.29) is 0 Å². The lowest BCUT2D eigenvalue weighted by Gasteiger charge is -1.95. The maximum atomic E-state index is 10.9. The maximum absolute atomic E-state index is 10.9. The van der Waals surface area contributed by atoms with Crippen molar-refractivity contribution in [3.8, 4) is 0 Å². The number of amides is 2. The minimum Gasteiger partial charge on any atom is -0.289 e. The molecule has 0 saturated heterocycles. The minimum atomic E-state index is -0.478. The monoisotopic (exact) mass is 167 g/mol. The van der Waals surface area contributed by atoms with Crippen molar-refractivity contribution < 1.29 is 9.59 Å². The first-order valence-electron chi connectivity index (χ1n) is 3.72. The Balaban J connectivity index is 3.90. The summed E-state index contributed by atoms with van der Waals surface area (Å²) in [5.74, 6) is -0.586. The summed E-state index contributed by atoms with van der Waals surface area (Å²) in [7, 11) is 0. The topological polar surface area (TPSA) is 46.2 Å². The second kappa shape index (κ2) is 5.29. The van der Waals surface area contributed by atoms with Gasteiger partial charge in [-0.05, 0) is 18.1 Å². The highest BCUT2D eigenvalue weighted by atomic mass is 16.2. The Morgan fingerprint density at radius 2 is 1.92 bits per heavy atom. The Labute approximate surface area is 72.2 Å². The fourth-order valence-electron chi connectivity index (χ4n) is 0.494. The zero-order valence-corrected chi connectivity index (χ0v) is 7.33. The molecule has 0 bridgehead atoms. The number of hydrogen-bond donors (Lipinski definition) is 1. The predicted molar refractivity (Wildman–Crippen MR) is 47.3 cm³/mol. The molecule has 0 fully saturated rings. The van der Waals surface area contributed by atoms with Crippen LogP contribution in [0, 0.1) is 5.92 Å². The van der Waals surface area contributed by atoms with Gasteiger partial charge in [0.15, 0.2) is 0 Å². The average molecular weight is 167 g/mol. The van der Waals surface area contributed by atoms with Gasteiger partial charge in [0.25, 0.3) is 0 Å². The molecule has 0 aromatic heterocycles. The molecule has 12 heavy (non-hydrogen) atoms. The largest absolute Gasteiger partial charge is 0.289 e. The van der Waals surface area contributed by atoms with E-state index in [4.69, 9.17) is 0 Å². The fourth-order valence-corrected chi connectivity index (χ4v) is 0.494. The van der Waals surface area contributed by atoms with Crippen LogP contribution in [0.3, 0.4) is 0 Å². The second-order valence-corrected chi connectivity index (χ2v) is 2.66. The number of rotatable bonds is 3. The van der Waals surface area contributed by atoms with Crippen molar-refractivity contribution in [2.75, 3.05) is 0 Å². The van der Waals surface area contributed by atoms with Crippen LogP contribution in [0.4, 0.5) is 0 Å². The van der Waals surface area contributed by atoms with Crippen LogP contribution in [0.1, 0.15) is 13.8 Å². The van der Waals surface area contributed by atoms with Crippen LogP contribution in [0.2, 0.25) is 0 Å². The highest BCUT2D eigenvalue weighted by Crippen LogP contribution is 1.92. The number of allylic oxidation sites excluding steroid dienone is 1. The molecule has 2 amide bonds. The average Bonchev–Trinajstić information content (AvgIpc) is 2.00. The minimum absolute atomic E-state index is 0.301. The summed E-state index contributed by atoms with van der Waals surface area (Å²) in [5, 5.41) is 2.10. The van der Waals surface area contributed by atoms with E-state index in [1.807, 2.05) is 13.8 Å². The van der Waals surface area contributed by atoms with Crippen LogP contribution in [0.15, 0.2) is 24.8 Å². The first-order chi connectivity index (χ1) is 5.56. The number of carbonyl (C=O) groups excluding carboxylic acids is 2. The van der Waals surface area contributed by atoms with Crippen molar-refractivity contribution in [1.82, 2.24) is 5.32 Å². The Kier molecular flexibility index (Phi) is 4.69. The SMILES string of the molecule is C=CC(=O)NC(=O)C=CC(C)C. The lowest BCUT2D eigenvalue weighted by molar-refractivity contribution is -0.125. The van der Waals surface area contributed by atoms with E-state index in [0.717, 1.165) is 6.08 Å². The van der Waals surface area contributed by atoms with E-state index < -0.39 is 11.8 Å². The van der Waals surface area contributed by atoms with Gasteiger partial charge in [0.05, 0.1) is 0 Å². The Hall–Kier alpha value is -1.38. The van der Waals surface area contributed by atoms with E-state index >= 15 is 0 Å². The molecule has 1 N–H and O–H groups in total. The summed E-state index contributed by atoms with van der Waals surface area (Å²) in [6.45, 7) is 7.11. The van der Waals surface area contributed by atoms with Gasteiger partial charge in [0.1, 0.15) is 0 Å². The Morgan fingerprint density at radius 3 is 2.33 bits per heavy atom. The van der Waals surface area contributed by atoms with Gasteiger partial charge in [0, 0.05) is 0 Å². The summed E-state index contributed by atoms with van der Waals surface area (Å²) in [4.78, 5) is 21.4. The molecule has 0 heterocycles. The summed E-state index contributed by atoms with van der Waals surface area (Å²) in [6, 6.07) is 0. The molecular formula is C9H13NO2. The molecule has 0 aromatic rings. The molecule has 0 aliphatic heterocycles. The lowest BCUT2D eigenvalue weighted by Crippen LogP contribution is -2.26. The summed E-state index contributed by atoms with van der Waals surface area (Å²) in [5.41, 5.74) is 0. The lowest BCUT2D eigenvalue weighted by atomic mass is 10.2. The van der Waals surface area contributed by atoms with E-state index in [9.17, 15) is 9.59 Å². The van der Waals surface area contributed by atoms with Crippen LogP contribution >= 0.6 is 0 Å². The Bertz CT molecular complexity index is 217. The van der Waals surface area contributed by atoms with E-state index in [0.29, 0.717) is 5.92 Å². The molecule has 0 aromatic carbocycles. The third-order valence-corrected chi connectivity index (χ3v) is 1.06. The number of nitrogens with one attached hydrogen (secondary N) is 1. The molecule has 0 spiro atoms. The van der Waals surface area contributed by atoms with Gasteiger partial charge in [0.2, 0.25) is 11.8 Å². The quantitative estimate of drug-likeness (QED) is 0.638. The normalized spacial score (nSPS) is 10.2. The van der Waals surface area contributed by atoms with Crippen LogP contribution < -0.4 is 5.32 Å². The van der Waals surface area contributed by atoms with E-state index in [1.54, 1.807) is 6.08 Å². The van der Waals surface area contributed by atoms with Gasteiger partial charge in [-0.15, -0.1) is 0 Å². The van der Waals surface area contributed by atoms with Crippen LogP contribution in [-0.2, 0) is 9.59 Å². The molecule has 0 rings (SSSR count). The highest BCUT2D eigenvalue weighted by molar-refractivity contribution is 6.04. The van der Waals surface area contributed by atoms with Crippen molar-refractivity contribution in [1.29, 1.82) is 0 Å². The van der Waals surface area contributed by atoms with Gasteiger partial charge in [-0.25, -0.2) is 0 Å². The van der Waals surface area contributed by atoms with Gasteiger partial charge in [-0.3, -0.25) is 14.9 Å². The number of hydrogen-bond acceptors (Lipinski definition) is 2. The van der Waals surface area contributed by atoms with Crippen molar-refractivity contribution in [2.45, 2.75) is 13.8 Å². The summed E-state index contributed by atoms with van der Waals surface area (Å²) in [6.07, 6.45) is 4.11. The summed E-state index contributed by atoms with van der Waals surface area (Å²) < 4.78 is 0. The highest BCUT2D eigenvalue weighted by Gasteiger charge is 1.98. The maximum Gasteiger partial charge on any atom is 0.250 e. The molecule has 3 heteroatoms. The smallest absolute Gasteiger partial charge is 0.250 e. The molecule has 0 aliphatic rings. The van der Waals surface area contributed by atoms with Gasteiger partial charge >= 0.3 is 0 Å². The molecular weight excluding hydrogens is 154 g/mol. The molecule has 3 nitrogen and oxygen atoms in total. The first-order valence-corrected chi connectivity index (χ1v) is 3.72. The van der Waals surface area contributed by atoms with Crippen LogP contribution in [0.25, 0.3) is 0 Å². The molecule has 0 unspecified atom stereocenters. The van der Waals surface area contributed by atoms with Crippen molar-refractivity contribution in [3.05, 3.63) is 24.8 Å². The van der Waals surface area contributed by atoms with Gasteiger partial charge < -0.3 is 0 Å². The Morgan fingerprint density at radius 1 is 1.33 bits per heavy atom. The zero-order chi connectivity index (χ0) is 9.56. The zero-order valence-electron chi connectivity index (χ0n) is 7.33. The molecule has 0 radical (unpaired) electrons. The van der Waals surface area contributed by atoms with Crippen molar-refractivity contribution >= 4 is 11.8 Å². The second-order valence-electron chi connectivity index (χ2n) is 2.66. The molecule has 0 atom stereocenters. The molecule has 66 valence electrons. The first kappa shape index (κ1) is 10.6. The van der Waals surface area contributed by atoms with E-state index in [2.05, 4.69) is 11.9 Å². The summed E-state index contributed by atoms with van der Waals surface area (Å²) >= 11 is 0. The van der Waals surface area contributed by atoms with E-state index in [1.165, 1.54) is 6.08 Å². The predicted octanol–water partition coefficient (Wildman–Crippen LogP) is 1.03. The standard InChI is InChI=1S/C9H13NO2/c1-4-8(11)10-9(12)6-5-7(2)3/h4-7H,1H2,2-3H3,(H,10,11,12). The van der Waals surface area contributed by atoms with Gasteiger partial charge in [-0.1, -0.05) is 26.5 Å². The number of carbonyl (C=O) groups is 2. The van der Waals surface area contributed by atoms with Gasteiger partial charge in [-0.2, -0.15) is 0 Å². The van der Waals surface area contributed by atoms with Crippen LogP contribution in [0.5, 0.6) is 0 Å². The van der Waals surface area contributed by atoms with Crippen molar-refractivity contribution in [2.24, 2.45) is 5.92 Å². The molecule has 0 saturated carbocycles. The molecule has 0 aliphatic carbocycles.